The van der Waals surface area contributed by atoms with Crippen LogP contribution in [0.2, 0.25) is 0 Å². The lowest BCUT2D eigenvalue weighted by molar-refractivity contribution is 0.873. The van der Waals surface area contributed by atoms with Gasteiger partial charge in [-0.1, -0.05) is 56.3 Å². The van der Waals surface area contributed by atoms with Crippen molar-refractivity contribution in [2.45, 2.75) is 19.8 Å². The number of nitrogens with zero attached hydrogens (tertiary/aromatic N) is 1. The minimum absolute atomic E-state index is 0.495. The van der Waals surface area contributed by atoms with Gasteiger partial charge < -0.3 is 0 Å². The van der Waals surface area contributed by atoms with Crippen LogP contribution in [0.1, 0.15) is 25.3 Å². The van der Waals surface area contributed by atoms with Crippen LogP contribution in [0, 0.1) is 0 Å². The van der Waals surface area contributed by atoms with Crippen LogP contribution in [0.3, 0.4) is 0 Å². The fraction of sp³-hybridized carbons (Fsp3) is 0.167. The third-order valence-corrected chi connectivity index (χ3v) is 3.48. The van der Waals surface area contributed by atoms with E-state index < -0.39 is 0 Å². The lowest BCUT2D eigenvalue weighted by Crippen LogP contribution is -1.89. The van der Waals surface area contributed by atoms with Crippen molar-refractivity contribution in [3.05, 3.63) is 66.4 Å². The van der Waals surface area contributed by atoms with Gasteiger partial charge in [0.25, 0.3) is 0 Å². The normalized spacial score (nSPS) is 11.1. The molecule has 0 aliphatic heterocycles. The minimum atomic E-state index is 0.495. The molecular weight excluding hydrogens is 230 g/mol. The van der Waals surface area contributed by atoms with E-state index in [1.165, 1.54) is 22.3 Å². The maximum absolute atomic E-state index is 4.53. The Morgan fingerprint density at radius 3 is 2.42 bits per heavy atom. The van der Waals surface area contributed by atoms with Crippen LogP contribution in [-0.4, -0.2) is 4.98 Å². The summed E-state index contributed by atoms with van der Waals surface area (Å²) in [7, 11) is 0. The van der Waals surface area contributed by atoms with Gasteiger partial charge >= 0.3 is 0 Å². The summed E-state index contributed by atoms with van der Waals surface area (Å²) in [4.78, 5) is 4.53. The molecule has 0 fully saturated rings. The summed E-state index contributed by atoms with van der Waals surface area (Å²) < 4.78 is 0. The molecular formula is C18H17N. The van der Waals surface area contributed by atoms with Crippen LogP contribution >= 0.6 is 0 Å². The molecule has 19 heavy (non-hydrogen) atoms. The van der Waals surface area contributed by atoms with E-state index in [4.69, 9.17) is 0 Å². The molecule has 0 spiro atoms. The highest BCUT2D eigenvalue weighted by atomic mass is 14.7. The van der Waals surface area contributed by atoms with Crippen LogP contribution in [-0.2, 0) is 0 Å². The third-order valence-electron chi connectivity index (χ3n) is 3.48. The van der Waals surface area contributed by atoms with Crippen molar-refractivity contribution in [2.24, 2.45) is 0 Å². The van der Waals surface area contributed by atoms with Crippen LogP contribution in [0.4, 0.5) is 0 Å². The highest BCUT2D eigenvalue weighted by Gasteiger charge is 2.18. The van der Waals surface area contributed by atoms with Crippen molar-refractivity contribution in [1.82, 2.24) is 4.98 Å². The Bertz CT molecular complexity index is 656. The van der Waals surface area contributed by atoms with Gasteiger partial charge in [0.15, 0.2) is 0 Å². The lowest BCUT2D eigenvalue weighted by atomic mass is 9.98. The largest absolute Gasteiger partial charge is 0.256 e. The van der Waals surface area contributed by atoms with E-state index in [0.29, 0.717) is 5.92 Å². The first-order chi connectivity index (χ1) is 9.27. The van der Waals surface area contributed by atoms with E-state index in [9.17, 15) is 0 Å². The second kappa shape index (κ2) is 4.85. The molecule has 0 aromatic carbocycles. The van der Waals surface area contributed by atoms with Gasteiger partial charge in [-0.2, -0.15) is 0 Å². The van der Waals surface area contributed by atoms with Crippen molar-refractivity contribution in [3.63, 3.8) is 0 Å². The quantitative estimate of drug-likeness (QED) is 0.622. The molecule has 1 aromatic rings. The molecule has 2 aliphatic rings. The number of fused-ring (bicyclic) bond motifs is 1. The van der Waals surface area contributed by atoms with Crippen molar-refractivity contribution in [3.8, 4) is 22.4 Å². The summed E-state index contributed by atoms with van der Waals surface area (Å²) >= 11 is 0. The second-order valence-corrected chi connectivity index (χ2v) is 5.12. The van der Waals surface area contributed by atoms with Gasteiger partial charge in [0.05, 0.1) is 5.69 Å². The van der Waals surface area contributed by atoms with Gasteiger partial charge in [0.1, 0.15) is 0 Å². The number of hydrogen-bond donors (Lipinski definition) is 0. The lowest BCUT2D eigenvalue weighted by Gasteiger charge is -2.08. The molecule has 0 saturated carbocycles. The first kappa shape index (κ1) is 11.9. The van der Waals surface area contributed by atoms with E-state index in [-0.39, 0.29) is 0 Å². The first-order valence-corrected chi connectivity index (χ1v) is 6.70. The Morgan fingerprint density at radius 2 is 1.68 bits per heavy atom. The molecule has 0 radical (unpaired) electrons. The SMILES string of the molecule is CC(C)c1cc2cccccc-2c1-c1ccccn1. The Kier molecular flexibility index (Phi) is 3.04. The zero-order valence-electron chi connectivity index (χ0n) is 11.3. The molecule has 3 rings (SSSR count). The Labute approximate surface area is 114 Å². The van der Waals surface area contributed by atoms with Gasteiger partial charge in [0.2, 0.25) is 0 Å². The average molecular weight is 247 g/mol. The predicted octanol–water partition coefficient (Wildman–Crippen LogP) is 4.98. The number of pyridine rings is 1. The first-order valence-electron chi connectivity index (χ1n) is 6.70. The molecule has 0 N–H and O–H groups in total. The van der Waals surface area contributed by atoms with Crippen LogP contribution in [0.15, 0.2) is 60.8 Å². The number of rotatable bonds is 2. The Balaban J connectivity index is 2.32. The zero-order valence-corrected chi connectivity index (χ0v) is 11.3. The van der Waals surface area contributed by atoms with Gasteiger partial charge in [-0.05, 0) is 34.7 Å². The average Bonchev–Trinajstić information content (AvgIpc) is 2.64. The van der Waals surface area contributed by atoms with Crippen molar-refractivity contribution in [1.29, 1.82) is 0 Å². The predicted molar refractivity (Wildman–Crippen MR) is 80.4 cm³/mol. The van der Waals surface area contributed by atoms with Gasteiger partial charge in [-0.25, -0.2) is 0 Å². The monoisotopic (exact) mass is 247 g/mol. The zero-order chi connectivity index (χ0) is 13.2. The fourth-order valence-corrected chi connectivity index (χ4v) is 2.56. The highest BCUT2D eigenvalue weighted by Crippen LogP contribution is 2.41. The summed E-state index contributed by atoms with van der Waals surface area (Å²) in [5.41, 5.74) is 6.29. The van der Waals surface area contributed by atoms with Crippen LogP contribution < -0.4 is 0 Å². The summed E-state index contributed by atoms with van der Waals surface area (Å²) in [6, 6.07) is 19.0. The van der Waals surface area contributed by atoms with Gasteiger partial charge in [-0.3, -0.25) is 4.98 Å². The molecule has 94 valence electrons. The molecule has 1 heteroatoms. The molecule has 1 nitrogen and oxygen atoms in total. The summed E-state index contributed by atoms with van der Waals surface area (Å²) in [5, 5.41) is 0. The molecule has 0 unspecified atom stereocenters. The second-order valence-electron chi connectivity index (χ2n) is 5.12. The smallest absolute Gasteiger partial charge is 0.0711 e. The van der Waals surface area contributed by atoms with Crippen molar-refractivity contribution >= 4 is 0 Å². The van der Waals surface area contributed by atoms with E-state index >= 15 is 0 Å². The number of hydrogen-bond acceptors (Lipinski definition) is 1. The minimum Gasteiger partial charge on any atom is -0.256 e. The van der Waals surface area contributed by atoms with E-state index in [0.717, 1.165) is 5.69 Å². The molecule has 0 saturated heterocycles. The molecule has 1 aromatic heterocycles. The van der Waals surface area contributed by atoms with Crippen LogP contribution in [0.5, 0.6) is 0 Å². The maximum Gasteiger partial charge on any atom is 0.0711 e. The Morgan fingerprint density at radius 1 is 0.895 bits per heavy atom. The van der Waals surface area contributed by atoms with Crippen molar-refractivity contribution < 1.29 is 0 Å². The number of aromatic nitrogens is 1. The maximum atomic E-state index is 4.53. The molecule has 0 bridgehead atoms. The van der Waals surface area contributed by atoms with Gasteiger partial charge in [-0.15, -0.1) is 0 Å². The molecule has 0 atom stereocenters. The summed E-state index contributed by atoms with van der Waals surface area (Å²) in [5.74, 6) is 0.495. The summed E-state index contributed by atoms with van der Waals surface area (Å²) in [6.45, 7) is 4.47. The van der Waals surface area contributed by atoms with E-state index in [1.54, 1.807) is 0 Å². The van der Waals surface area contributed by atoms with Crippen LogP contribution in [0.25, 0.3) is 22.4 Å². The van der Waals surface area contributed by atoms with E-state index in [1.807, 2.05) is 18.3 Å². The molecule has 2 aliphatic carbocycles. The van der Waals surface area contributed by atoms with Gasteiger partial charge in [0, 0.05) is 11.8 Å². The standard InChI is InChI=1S/C18H17N/c1-13(2)16-12-14-8-4-3-5-9-15(14)18(16)17-10-6-7-11-19-17/h3-13H,1-2H3. The Hall–Kier alpha value is -2.15. The third kappa shape index (κ3) is 2.12. The fourth-order valence-electron chi connectivity index (χ4n) is 2.56. The van der Waals surface area contributed by atoms with Crippen molar-refractivity contribution in [2.75, 3.05) is 0 Å². The topological polar surface area (TPSA) is 12.9 Å². The van der Waals surface area contributed by atoms with E-state index in [2.05, 4.69) is 61.3 Å². The molecule has 0 amide bonds. The highest BCUT2D eigenvalue weighted by molar-refractivity contribution is 5.88. The molecule has 1 heterocycles. The summed E-state index contributed by atoms with van der Waals surface area (Å²) in [6.07, 6.45) is 1.86.